The molecule has 0 unspecified atom stereocenters. The topological polar surface area (TPSA) is 40.6 Å². The molecule has 2 amide bonds. The fourth-order valence-corrected chi connectivity index (χ4v) is 4.99. The van der Waals surface area contributed by atoms with E-state index in [1.165, 1.54) is 24.3 Å². The van der Waals surface area contributed by atoms with Crippen LogP contribution in [0.15, 0.2) is 78.9 Å². The quantitative estimate of drug-likeness (QED) is 0.323. The van der Waals surface area contributed by atoms with Crippen LogP contribution >= 0.6 is 0 Å². The largest absolute Gasteiger partial charge is 0.309 e. The molecule has 2 atom stereocenters. The molecule has 0 bridgehead atoms. The number of anilines is 2. The van der Waals surface area contributed by atoms with Crippen molar-refractivity contribution in [3.63, 3.8) is 0 Å². The molecule has 0 aromatic heterocycles. The molecule has 0 saturated carbocycles. The molecule has 3 aromatic carbocycles. The summed E-state index contributed by atoms with van der Waals surface area (Å²) in [5.41, 5.74) is 3.01. The Balaban J connectivity index is 1.71. The molecule has 35 heavy (non-hydrogen) atoms. The van der Waals surface area contributed by atoms with E-state index < -0.39 is 0 Å². The summed E-state index contributed by atoms with van der Waals surface area (Å²) >= 11 is 0. The minimum atomic E-state index is -0.377. The van der Waals surface area contributed by atoms with Crippen LogP contribution in [0.2, 0.25) is 0 Å². The standard InChI is InChI=1S/C30H33FN2O2/c1-3-4-5-9-16-29(34)32-22(2)21-28(26-14-10-11-15-27(26)32)33(25-12-7-6-8-13-25)30(35)23-17-19-24(31)20-18-23/h6-8,10-15,17-20,22,28H,3-5,9,16,21H2,1-2H3/t22-,28+/m0/s1. The maximum Gasteiger partial charge on any atom is 0.258 e. The molecule has 0 radical (unpaired) electrons. The van der Waals surface area contributed by atoms with E-state index in [1.807, 2.05) is 59.5 Å². The van der Waals surface area contributed by atoms with Crippen LogP contribution in [0.25, 0.3) is 0 Å². The Morgan fingerprint density at radius 1 is 0.914 bits per heavy atom. The molecule has 4 rings (SSSR count). The molecule has 0 N–H and O–H groups in total. The zero-order valence-corrected chi connectivity index (χ0v) is 20.5. The normalized spacial score (nSPS) is 17.1. The van der Waals surface area contributed by atoms with Crippen LogP contribution in [-0.4, -0.2) is 17.9 Å². The van der Waals surface area contributed by atoms with Crippen LogP contribution in [0.1, 0.15) is 74.3 Å². The van der Waals surface area contributed by atoms with Crippen molar-refractivity contribution in [3.05, 3.63) is 95.8 Å². The van der Waals surface area contributed by atoms with E-state index in [2.05, 4.69) is 13.8 Å². The predicted molar refractivity (Wildman–Crippen MR) is 139 cm³/mol. The number of unbranched alkanes of at least 4 members (excludes halogenated alkanes) is 3. The lowest BCUT2D eigenvalue weighted by atomic mass is 9.89. The highest BCUT2D eigenvalue weighted by Crippen LogP contribution is 2.43. The molecule has 0 spiro atoms. The van der Waals surface area contributed by atoms with Crippen LogP contribution in [0, 0.1) is 5.82 Å². The summed E-state index contributed by atoms with van der Waals surface area (Å²) in [5.74, 6) is -0.435. The van der Waals surface area contributed by atoms with Gasteiger partial charge < -0.3 is 9.80 Å². The lowest BCUT2D eigenvalue weighted by molar-refractivity contribution is -0.119. The predicted octanol–water partition coefficient (Wildman–Crippen LogP) is 7.31. The first-order valence-electron chi connectivity index (χ1n) is 12.6. The number of hydrogen-bond donors (Lipinski definition) is 0. The van der Waals surface area contributed by atoms with Crippen molar-refractivity contribution in [2.75, 3.05) is 9.80 Å². The average molecular weight is 473 g/mol. The van der Waals surface area contributed by atoms with Crippen LogP contribution in [0.5, 0.6) is 0 Å². The minimum absolute atomic E-state index is 0.0687. The van der Waals surface area contributed by atoms with Gasteiger partial charge in [0.05, 0.1) is 6.04 Å². The molecule has 3 aromatic rings. The van der Waals surface area contributed by atoms with Gasteiger partial charge in [-0.1, -0.05) is 62.6 Å². The van der Waals surface area contributed by atoms with E-state index in [0.717, 1.165) is 42.6 Å². The zero-order valence-electron chi connectivity index (χ0n) is 20.5. The highest BCUT2D eigenvalue weighted by atomic mass is 19.1. The van der Waals surface area contributed by atoms with Crippen molar-refractivity contribution in [1.82, 2.24) is 0 Å². The highest BCUT2D eigenvalue weighted by Gasteiger charge is 2.38. The Labute approximate surface area is 207 Å². The smallest absolute Gasteiger partial charge is 0.258 e. The first-order valence-corrected chi connectivity index (χ1v) is 12.6. The third-order valence-corrected chi connectivity index (χ3v) is 6.73. The fraction of sp³-hybridized carbons (Fsp3) is 0.333. The van der Waals surface area contributed by atoms with Crippen LogP contribution < -0.4 is 9.80 Å². The van der Waals surface area contributed by atoms with E-state index in [-0.39, 0.29) is 29.7 Å². The lowest BCUT2D eigenvalue weighted by Crippen LogP contribution is -2.47. The molecular weight excluding hydrogens is 439 g/mol. The molecule has 1 aliphatic heterocycles. The number of fused-ring (bicyclic) bond motifs is 1. The Morgan fingerprint density at radius 2 is 1.60 bits per heavy atom. The van der Waals surface area contributed by atoms with E-state index in [9.17, 15) is 14.0 Å². The van der Waals surface area contributed by atoms with Gasteiger partial charge in [-0.25, -0.2) is 4.39 Å². The van der Waals surface area contributed by atoms with Crippen molar-refractivity contribution in [2.45, 2.75) is 64.5 Å². The Morgan fingerprint density at radius 3 is 2.31 bits per heavy atom. The molecule has 1 heterocycles. The van der Waals surface area contributed by atoms with Gasteiger partial charge in [-0.05, 0) is 67.8 Å². The molecule has 1 aliphatic rings. The molecule has 0 saturated heterocycles. The summed E-state index contributed by atoms with van der Waals surface area (Å²) < 4.78 is 13.6. The molecule has 5 heteroatoms. The van der Waals surface area contributed by atoms with E-state index in [1.54, 1.807) is 4.90 Å². The highest BCUT2D eigenvalue weighted by molar-refractivity contribution is 6.07. The molecule has 4 nitrogen and oxygen atoms in total. The lowest BCUT2D eigenvalue weighted by Gasteiger charge is -2.43. The summed E-state index contributed by atoms with van der Waals surface area (Å²) in [6.07, 6.45) is 5.36. The zero-order chi connectivity index (χ0) is 24.8. The van der Waals surface area contributed by atoms with Crippen molar-refractivity contribution in [3.8, 4) is 0 Å². The second kappa shape index (κ2) is 11.3. The number of benzene rings is 3. The number of amides is 2. The SMILES string of the molecule is CCCCCCC(=O)N1c2ccccc2[C@H](N(C(=O)c2ccc(F)cc2)c2ccccc2)C[C@@H]1C. The van der Waals surface area contributed by atoms with Gasteiger partial charge in [-0.2, -0.15) is 0 Å². The number of hydrogen-bond acceptors (Lipinski definition) is 2. The summed E-state index contributed by atoms with van der Waals surface area (Å²) in [7, 11) is 0. The van der Waals surface area contributed by atoms with E-state index >= 15 is 0 Å². The van der Waals surface area contributed by atoms with E-state index in [4.69, 9.17) is 0 Å². The monoisotopic (exact) mass is 472 g/mol. The Kier molecular flexibility index (Phi) is 7.96. The molecular formula is C30H33FN2O2. The number of carbonyl (C=O) groups excluding carboxylic acids is 2. The number of halogens is 1. The van der Waals surface area contributed by atoms with Crippen LogP contribution in [-0.2, 0) is 4.79 Å². The van der Waals surface area contributed by atoms with Gasteiger partial charge in [0, 0.05) is 29.4 Å². The molecule has 0 fully saturated rings. The number of rotatable bonds is 8. The van der Waals surface area contributed by atoms with Gasteiger partial charge >= 0.3 is 0 Å². The Hall–Kier alpha value is -3.47. The van der Waals surface area contributed by atoms with Crippen LogP contribution in [0.4, 0.5) is 15.8 Å². The second-order valence-corrected chi connectivity index (χ2v) is 9.25. The Bertz CT molecular complexity index is 1150. The maximum absolute atomic E-state index is 13.8. The van der Waals surface area contributed by atoms with Gasteiger partial charge in [-0.15, -0.1) is 0 Å². The number of carbonyl (C=O) groups is 2. The molecule has 0 aliphatic carbocycles. The van der Waals surface area contributed by atoms with Crippen molar-refractivity contribution >= 4 is 23.2 Å². The van der Waals surface area contributed by atoms with Crippen molar-refractivity contribution in [1.29, 1.82) is 0 Å². The number of nitrogens with zero attached hydrogens (tertiary/aromatic N) is 2. The van der Waals surface area contributed by atoms with Gasteiger partial charge in [-0.3, -0.25) is 9.59 Å². The summed E-state index contributed by atoms with van der Waals surface area (Å²) in [5, 5.41) is 0. The summed E-state index contributed by atoms with van der Waals surface area (Å²) in [6, 6.07) is 22.8. The second-order valence-electron chi connectivity index (χ2n) is 9.25. The average Bonchev–Trinajstić information content (AvgIpc) is 2.87. The number of para-hydroxylation sites is 2. The van der Waals surface area contributed by atoms with Gasteiger partial charge in [0.15, 0.2) is 0 Å². The van der Waals surface area contributed by atoms with Crippen molar-refractivity contribution in [2.24, 2.45) is 0 Å². The maximum atomic E-state index is 13.8. The summed E-state index contributed by atoms with van der Waals surface area (Å²) in [6.45, 7) is 4.22. The van der Waals surface area contributed by atoms with Crippen molar-refractivity contribution < 1.29 is 14.0 Å². The third-order valence-electron chi connectivity index (χ3n) is 6.73. The van der Waals surface area contributed by atoms with Crippen LogP contribution in [0.3, 0.4) is 0 Å². The van der Waals surface area contributed by atoms with Gasteiger partial charge in [0.25, 0.3) is 5.91 Å². The minimum Gasteiger partial charge on any atom is -0.309 e. The van der Waals surface area contributed by atoms with Gasteiger partial charge in [0.1, 0.15) is 5.82 Å². The first kappa shape index (κ1) is 24.6. The third kappa shape index (κ3) is 5.45. The molecule has 182 valence electrons. The summed E-state index contributed by atoms with van der Waals surface area (Å²) in [4.78, 5) is 30.8. The van der Waals surface area contributed by atoms with Gasteiger partial charge in [0.2, 0.25) is 5.91 Å². The fourth-order valence-electron chi connectivity index (χ4n) is 4.99. The van der Waals surface area contributed by atoms with E-state index in [0.29, 0.717) is 18.4 Å². The first-order chi connectivity index (χ1) is 17.0.